The standard InChI is InChI=1S/C13H7BrCl3NO/c14-8-5-4-7(6-11(8)17)18-13(19)12-9(15)2-1-3-10(12)16/h1-6H,(H,18,19). The Balaban J connectivity index is 2.28. The molecule has 0 saturated carbocycles. The van der Waals surface area contributed by atoms with Crippen molar-refractivity contribution in [3.05, 3.63) is 61.5 Å². The maximum Gasteiger partial charge on any atom is 0.258 e. The summed E-state index contributed by atoms with van der Waals surface area (Å²) in [7, 11) is 0. The van der Waals surface area contributed by atoms with Gasteiger partial charge in [-0.25, -0.2) is 0 Å². The summed E-state index contributed by atoms with van der Waals surface area (Å²) in [5.74, 6) is -0.381. The third-order valence-electron chi connectivity index (χ3n) is 2.37. The lowest BCUT2D eigenvalue weighted by molar-refractivity contribution is 0.102. The van der Waals surface area contributed by atoms with Gasteiger partial charge in [0.15, 0.2) is 0 Å². The zero-order valence-corrected chi connectivity index (χ0v) is 13.2. The van der Waals surface area contributed by atoms with Crippen LogP contribution >= 0.6 is 50.7 Å². The minimum Gasteiger partial charge on any atom is -0.322 e. The van der Waals surface area contributed by atoms with Crippen LogP contribution in [-0.2, 0) is 0 Å². The van der Waals surface area contributed by atoms with Crippen molar-refractivity contribution in [1.29, 1.82) is 0 Å². The summed E-state index contributed by atoms with van der Waals surface area (Å²) in [6, 6.07) is 9.99. The number of hydrogen-bond acceptors (Lipinski definition) is 1. The van der Waals surface area contributed by atoms with Crippen LogP contribution in [0, 0.1) is 0 Å². The Morgan fingerprint density at radius 1 is 1.00 bits per heavy atom. The Hall–Kier alpha value is -0.740. The van der Waals surface area contributed by atoms with Crippen LogP contribution in [0.15, 0.2) is 40.9 Å². The lowest BCUT2D eigenvalue weighted by Crippen LogP contribution is -2.13. The van der Waals surface area contributed by atoms with Crippen LogP contribution in [-0.4, -0.2) is 5.91 Å². The quantitative estimate of drug-likeness (QED) is 0.716. The summed E-state index contributed by atoms with van der Waals surface area (Å²) in [5.41, 5.74) is 0.805. The van der Waals surface area contributed by atoms with Crippen molar-refractivity contribution >= 4 is 62.3 Å². The molecule has 2 nitrogen and oxygen atoms in total. The number of nitrogens with one attached hydrogen (secondary N) is 1. The average Bonchev–Trinajstić information content (AvgIpc) is 2.33. The molecule has 0 radical (unpaired) electrons. The van der Waals surface area contributed by atoms with E-state index in [2.05, 4.69) is 21.2 Å². The Bertz CT molecular complexity index is 626. The van der Waals surface area contributed by atoms with Crippen LogP contribution in [0.25, 0.3) is 0 Å². The molecule has 0 fully saturated rings. The molecule has 2 aromatic rings. The summed E-state index contributed by atoms with van der Waals surface area (Å²) in [4.78, 5) is 12.1. The van der Waals surface area contributed by atoms with Gasteiger partial charge in [0.25, 0.3) is 5.91 Å². The van der Waals surface area contributed by atoms with E-state index in [4.69, 9.17) is 34.8 Å². The minimum absolute atomic E-state index is 0.241. The van der Waals surface area contributed by atoms with Gasteiger partial charge in [0.1, 0.15) is 0 Å². The molecule has 1 amide bonds. The van der Waals surface area contributed by atoms with E-state index in [1.165, 1.54) is 0 Å². The zero-order valence-electron chi connectivity index (χ0n) is 9.38. The van der Waals surface area contributed by atoms with Gasteiger partial charge in [0.05, 0.1) is 20.6 Å². The molecule has 6 heteroatoms. The highest BCUT2D eigenvalue weighted by molar-refractivity contribution is 9.10. The molecule has 0 aliphatic heterocycles. The van der Waals surface area contributed by atoms with Gasteiger partial charge in [0.2, 0.25) is 0 Å². The smallest absolute Gasteiger partial charge is 0.258 e. The molecule has 0 aliphatic rings. The molecule has 0 aliphatic carbocycles. The lowest BCUT2D eigenvalue weighted by atomic mass is 10.2. The van der Waals surface area contributed by atoms with Crippen LogP contribution < -0.4 is 5.32 Å². The van der Waals surface area contributed by atoms with E-state index in [1.54, 1.807) is 36.4 Å². The third kappa shape index (κ3) is 3.42. The van der Waals surface area contributed by atoms with Crippen molar-refractivity contribution < 1.29 is 4.79 Å². The van der Waals surface area contributed by atoms with Crippen molar-refractivity contribution in [3.63, 3.8) is 0 Å². The fraction of sp³-hybridized carbons (Fsp3) is 0. The molecule has 2 aromatic carbocycles. The van der Waals surface area contributed by atoms with E-state index in [-0.39, 0.29) is 11.5 Å². The molecule has 0 unspecified atom stereocenters. The van der Waals surface area contributed by atoms with Gasteiger partial charge in [-0.05, 0) is 46.3 Å². The maximum atomic E-state index is 12.1. The van der Waals surface area contributed by atoms with Gasteiger partial charge in [0, 0.05) is 10.2 Å². The first-order chi connectivity index (χ1) is 8.99. The maximum absolute atomic E-state index is 12.1. The van der Waals surface area contributed by atoms with Crippen LogP contribution in [0.2, 0.25) is 15.1 Å². The first-order valence-electron chi connectivity index (χ1n) is 5.19. The molecule has 0 spiro atoms. The topological polar surface area (TPSA) is 29.1 Å². The van der Waals surface area contributed by atoms with E-state index >= 15 is 0 Å². The first kappa shape index (κ1) is 14.7. The molecule has 2 rings (SSSR count). The zero-order chi connectivity index (χ0) is 14.0. The number of amides is 1. The average molecular weight is 379 g/mol. The number of hydrogen-bond donors (Lipinski definition) is 1. The van der Waals surface area contributed by atoms with Gasteiger partial charge in [-0.2, -0.15) is 0 Å². The molecule has 98 valence electrons. The fourth-order valence-corrected chi connectivity index (χ4v) is 2.48. The molecule has 1 N–H and O–H groups in total. The van der Waals surface area contributed by atoms with Crippen LogP contribution in [0.5, 0.6) is 0 Å². The van der Waals surface area contributed by atoms with Gasteiger partial charge >= 0.3 is 0 Å². The van der Waals surface area contributed by atoms with Crippen LogP contribution in [0.4, 0.5) is 5.69 Å². The predicted octanol–water partition coefficient (Wildman–Crippen LogP) is 5.66. The second kappa shape index (κ2) is 6.14. The number of halogens is 4. The molecular weight excluding hydrogens is 372 g/mol. The summed E-state index contributed by atoms with van der Waals surface area (Å²) < 4.78 is 0.753. The normalized spacial score (nSPS) is 10.3. The van der Waals surface area contributed by atoms with Crippen LogP contribution in [0.3, 0.4) is 0 Å². The Kier molecular flexibility index (Phi) is 4.74. The van der Waals surface area contributed by atoms with Gasteiger partial charge in [-0.3, -0.25) is 4.79 Å². The van der Waals surface area contributed by atoms with Crippen molar-refractivity contribution in [3.8, 4) is 0 Å². The third-order valence-corrected chi connectivity index (χ3v) is 4.23. The molecule has 0 saturated heterocycles. The molecule has 19 heavy (non-hydrogen) atoms. The van der Waals surface area contributed by atoms with E-state index in [0.29, 0.717) is 20.8 Å². The second-order valence-corrected chi connectivity index (χ2v) is 5.76. The summed E-state index contributed by atoms with van der Waals surface area (Å²) >= 11 is 21.2. The van der Waals surface area contributed by atoms with Crippen molar-refractivity contribution in [2.24, 2.45) is 0 Å². The number of rotatable bonds is 2. The van der Waals surface area contributed by atoms with Crippen molar-refractivity contribution in [2.45, 2.75) is 0 Å². The van der Waals surface area contributed by atoms with E-state index < -0.39 is 0 Å². The number of anilines is 1. The number of carbonyl (C=O) groups excluding carboxylic acids is 1. The highest BCUT2D eigenvalue weighted by atomic mass is 79.9. The summed E-state index contributed by atoms with van der Waals surface area (Å²) in [6.07, 6.45) is 0. The van der Waals surface area contributed by atoms with Gasteiger partial charge < -0.3 is 5.32 Å². The van der Waals surface area contributed by atoms with E-state index in [9.17, 15) is 4.79 Å². The highest BCUT2D eigenvalue weighted by Crippen LogP contribution is 2.28. The molecular formula is C13H7BrCl3NO. The molecule has 0 heterocycles. The fourth-order valence-electron chi connectivity index (χ4n) is 1.48. The molecule has 0 aromatic heterocycles. The van der Waals surface area contributed by atoms with Crippen molar-refractivity contribution in [1.82, 2.24) is 0 Å². The lowest BCUT2D eigenvalue weighted by Gasteiger charge is -2.09. The van der Waals surface area contributed by atoms with E-state index in [0.717, 1.165) is 4.47 Å². The first-order valence-corrected chi connectivity index (χ1v) is 7.12. The van der Waals surface area contributed by atoms with Crippen molar-refractivity contribution in [2.75, 3.05) is 5.32 Å². The molecule has 0 atom stereocenters. The predicted molar refractivity (Wildman–Crippen MR) is 83.6 cm³/mol. The Morgan fingerprint density at radius 3 is 2.21 bits per heavy atom. The Labute approximate surface area is 133 Å². The SMILES string of the molecule is O=C(Nc1ccc(Br)c(Cl)c1)c1c(Cl)cccc1Cl. The minimum atomic E-state index is -0.381. The van der Waals surface area contributed by atoms with Gasteiger partial charge in [-0.15, -0.1) is 0 Å². The number of benzene rings is 2. The van der Waals surface area contributed by atoms with Gasteiger partial charge in [-0.1, -0.05) is 40.9 Å². The second-order valence-electron chi connectivity index (χ2n) is 3.68. The molecule has 0 bridgehead atoms. The number of carbonyl (C=O) groups is 1. The largest absolute Gasteiger partial charge is 0.322 e. The summed E-state index contributed by atoms with van der Waals surface area (Å²) in [6.45, 7) is 0. The summed E-state index contributed by atoms with van der Waals surface area (Å²) in [5, 5.41) is 3.80. The monoisotopic (exact) mass is 377 g/mol. The highest BCUT2D eigenvalue weighted by Gasteiger charge is 2.14. The Morgan fingerprint density at radius 2 is 1.63 bits per heavy atom. The van der Waals surface area contributed by atoms with E-state index in [1.807, 2.05) is 0 Å². The van der Waals surface area contributed by atoms with Crippen LogP contribution in [0.1, 0.15) is 10.4 Å².